The summed E-state index contributed by atoms with van der Waals surface area (Å²) in [5, 5.41) is 12.1. The molecular formula is C9H14N2O2. The Hall–Kier alpha value is -0.870. The molecule has 0 spiro atoms. The molecule has 1 saturated heterocycles. The van der Waals surface area contributed by atoms with E-state index >= 15 is 0 Å². The number of aromatic nitrogens is 1. The summed E-state index contributed by atoms with van der Waals surface area (Å²) in [6.07, 6.45) is 3.82. The van der Waals surface area contributed by atoms with Gasteiger partial charge in [-0.2, -0.15) is 0 Å². The maximum Gasteiger partial charge on any atom is 0.198 e. The summed E-state index contributed by atoms with van der Waals surface area (Å²) in [5.41, 5.74) is 0.626. The molecule has 0 aliphatic carbocycles. The van der Waals surface area contributed by atoms with Gasteiger partial charge in [-0.25, -0.2) is 4.98 Å². The minimum atomic E-state index is -0.0380. The van der Waals surface area contributed by atoms with Crippen LogP contribution in [0.3, 0.4) is 0 Å². The van der Waals surface area contributed by atoms with Crippen molar-refractivity contribution in [2.45, 2.75) is 25.4 Å². The van der Waals surface area contributed by atoms with Crippen LogP contribution in [-0.4, -0.2) is 23.2 Å². The Balaban J connectivity index is 2.05. The number of aliphatic hydroxyl groups excluding tert-OH is 1. The number of rotatable bonds is 2. The first-order chi connectivity index (χ1) is 6.40. The van der Waals surface area contributed by atoms with Gasteiger partial charge in [0.15, 0.2) is 5.89 Å². The zero-order valence-electron chi connectivity index (χ0n) is 7.49. The van der Waals surface area contributed by atoms with Crippen molar-refractivity contribution in [3.8, 4) is 0 Å². The Morgan fingerprint density at radius 2 is 2.62 bits per heavy atom. The molecule has 1 aromatic rings. The molecule has 13 heavy (non-hydrogen) atoms. The summed E-state index contributed by atoms with van der Waals surface area (Å²) in [7, 11) is 0. The van der Waals surface area contributed by atoms with Crippen molar-refractivity contribution in [3.63, 3.8) is 0 Å². The fourth-order valence-electron chi connectivity index (χ4n) is 1.65. The first-order valence-corrected chi connectivity index (χ1v) is 4.66. The number of oxazole rings is 1. The standard InChI is InChI=1S/C9H14N2O2/c12-5-8-6-13-9(11-8)7-2-1-3-10-4-7/h6-7,10,12H,1-5H2. The third-order valence-electron chi connectivity index (χ3n) is 2.38. The number of nitrogens with one attached hydrogen (secondary N) is 1. The maximum atomic E-state index is 8.81. The van der Waals surface area contributed by atoms with Gasteiger partial charge in [0.1, 0.15) is 12.0 Å². The van der Waals surface area contributed by atoms with E-state index in [1.807, 2.05) is 0 Å². The van der Waals surface area contributed by atoms with Crippen LogP contribution in [0.4, 0.5) is 0 Å². The Morgan fingerprint density at radius 3 is 3.23 bits per heavy atom. The van der Waals surface area contributed by atoms with Crippen molar-refractivity contribution in [2.24, 2.45) is 0 Å². The van der Waals surface area contributed by atoms with Crippen LogP contribution in [0.1, 0.15) is 30.3 Å². The van der Waals surface area contributed by atoms with E-state index in [-0.39, 0.29) is 6.61 Å². The lowest BCUT2D eigenvalue weighted by molar-refractivity contribution is 0.276. The van der Waals surface area contributed by atoms with E-state index in [4.69, 9.17) is 9.52 Å². The average Bonchev–Trinajstić information content (AvgIpc) is 2.67. The summed E-state index contributed by atoms with van der Waals surface area (Å²) >= 11 is 0. The second-order valence-corrected chi connectivity index (χ2v) is 3.38. The number of piperidine rings is 1. The Bertz CT molecular complexity index is 266. The van der Waals surface area contributed by atoms with Crippen molar-refractivity contribution >= 4 is 0 Å². The van der Waals surface area contributed by atoms with E-state index in [9.17, 15) is 0 Å². The monoisotopic (exact) mass is 182 g/mol. The smallest absolute Gasteiger partial charge is 0.198 e. The zero-order chi connectivity index (χ0) is 9.10. The molecule has 72 valence electrons. The molecule has 2 rings (SSSR count). The molecule has 1 fully saturated rings. The van der Waals surface area contributed by atoms with Crippen molar-refractivity contribution in [1.82, 2.24) is 10.3 Å². The van der Waals surface area contributed by atoms with Crippen molar-refractivity contribution in [2.75, 3.05) is 13.1 Å². The topological polar surface area (TPSA) is 58.3 Å². The second-order valence-electron chi connectivity index (χ2n) is 3.38. The average molecular weight is 182 g/mol. The van der Waals surface area contributed by atoms with E-state index in [2.05, 4.69) is 10.3 Å². The molecule has 1 atom stereocenters. The molecule has 2 N–H and O–H groups in total. The van der Waals surface area contributed by atoms with E-state index in [0.717, 1.165) is 25.4 Å². The SMILES string of the molecule is OCc1coc(C2CCCNC2)n1. The highest BCUT2D eigenvalue weighted by Crippen LogP contribution is 2.22. The molecule has 0 bridgehead atoms. The Labute approximate surface area is 77.0 Å². The van der Waals surface area contributed by atoms with Crippen LogP contribution < -0.4 is 5.32 Å². The number of hydrogen-bond donors (Lipinski definition) is 2. The zero-order valence-corrected chi connectivity index (χ0v) is 7.49. The normalized spacial score (nSPS) is 23.3. The van der Waals surface area contributed by atoms with Crippen molar-refractivity contribution < 1.29 is 9.52 Å². The van der Waals surface area contributed by atoms with Gasteiger partial charge in [-0.3, -0.25) is 0 Å². The minimum Gasteiger partial charge on any atom is -0.448 e. The Morgan fingerprint density at radius 1 is 1.69 bits per heavy atom. The van der Waals surface area contributed by atoms with E-state index in [1.54, 1.807) is 0 Å². The molecule has 0 saturated carbocycles. The van der Waals surface area contributed by atoms with Crippen LogP contribution in [0, 0.1) is 0 Å². The quantitative estimate of drug-likeness (QED) is 0.704. The minimum absolute atomic E-state index is 0.0380. The molecule has 1 aromatic heterocycles. The van der Waals surface area contributed by atoms with Crippen LogP contribution in [0.2, 0.25) is 0 Å². The number of nitrogens with zero attached hydrogens (tertiary/aromatic N) is 1. The molecular weight excluding hydrogens is 168 g/mol. The predicted molar refractivity (Wildman–Crippen MR) is 47.3 cm³/mol. The van der Waals surface area contributed by atoms with Gasteiger partial charge < -0.3 is 14.8 Å². The van der Waals surface area contributed by atoms with Gasteiger partial charge >= 0.3 is 0 Å². The lowest BCUT2D eigenvalue weighted by atomic mass is 10.00. The van der Waals surface area contributed by atoms with Crippen LogP contribution in [0.25, 0.3) is 0 Å². The third-order valence-corrected chi connectivity index (χ3v) is 2.38. The summed E-state index contributed by atoms with van der Waals surface area (Å²) < 4.78 is 5.28. The second kappa shape index (κ2) is 3.89. The van der Waals surface area contributed by atoms with E-state index in [1.165, 1.54) is 12.7 Å². The number of aliphatic hydroxyl groups is 1. The van der Waals surface area contributed by atoms with Crippen LogP contribution in [0.5, 0.6) is 0 Å². The number of hydrogen-bond acceptors (Lipinski definition) is 4. The first-order valence-electron chi connectivity index (χ1n) is 4.66. The van der Waals surface area contributed by atoms with Gasteiger partial charge in [-0.1, -0.05) is 0 Å². The fraction of sp³-hybridized carbons (Fsp3) is 0.667. The third kappa shape index (κ3) is 1.89. The van der Waals surface area contributed by atoms with Crippen LogP contribution in [-0.2, 0) is 6.61 Å². The maximum absolute atomic E-state index is 8.81. The summed E-state index contributed by atoms with van der Waals surface area (Å²) in [6, 6.07) is 0. The molecule has 1 aliphatic heterocycles. The molecule has 4 nitrogen and oxygen atoms in total. The molecule has 1 aliphatic rings. The summed E-state index contributed by atoms with van der Waals surface area (Å²) in [6.45, 7) is 1.99. The summed E-state index contributed by atoms with van der Waals surface area (Å²) in [5.74, 6) is 1.14. The Kier molecular flexibility index (Phi) is 2.61. The highest BCUT2D eigenvalue weighted by molar-refractivity contribution is 5.01. The van der Waals surface area contributed by atoms with Gasteiger partial charge in [0.2, 0.25) is 0 Å². The lowest BCUT2D eigenvalue weighted by Gasteiger charge is -2.19. The van der Waals surface area contributed by atoms with Gasteiger partial charge in [0.25, 0.3) is 0 Å². The highest BCUT2D eigenvalue weighted by atomic mass is 16.3. The highest BCUT2D eigenvalue weighted by Gasteiger charge is 2.19. The largest absolute Gasteiger partial charge is 0.448 e. The van der Waals surface area contributed by atoms with Gasteiger partial charge in [0.05, 0.1) is 6.61 Å². The summed E-state index contributed by atoms with van der Waals surface area (Å²) in [4.78, 5) is 4.20. The van der Waals surface area contributed by atoms with Crippen molar-refractivity contribution in [3.05, 3.63) is 17.8 Å². The molecule has 0 radical (unpaired) electrons. The van der Waals surface area contributed by atoms with Crippen molar-refractivity contribution in [1.29, 1.82) is 0 Å². The molecule has 4 heteroatoms. The van der Waals surface area contributed by atoms with Gasteiger partial charge in [-0.15, -0.1) is 0 Å². The lowest BCUT2D eigenvalue weighted by Crippen LogP contribution is -2.28. The van der Waals surface area contributed by atoms with Gasteiger partial charge in [0, 0.05) is 12.5 Å². The molecule has 1 unspecified atom stereocenters. The van der Waals surface area contributed by atoms with Crippen LogP contribution in [0.15, 0.2) is 10.7 Å². The molecule has 2 heterocycles. The van der Waals surface area contributed by atoms with E-state index in [0.29, 0.717) is 11.6 Å². The van der Waals surface area contributed by atoms with Crippen LogP contribution >= 0.6 is 0 Å². The predicted octanol–water partition coefficient (Wildman–Crippen LogP) is 0.634. The van der Waals surface area contributed by atoms with Gasteiger partial charge in [-0.05, 0) is 19.4 Å². The first kappa shape index (κ1) is 8.72. The fourth-order valence-corrected chi connectivity index (χ4v) is 1.65. The molecule has 0 amide bonds. The molecule has 0 aromatic carbocycles. The van der Waals surface area contributed by atoms with E-state index < -0.39 is 0 Å².